The SMILES string of the molecule is CC1CCC2(C)C(CCC3(C)C4CCC5(C)CCCCC5=C4CCC32)C1(C)C. The second kappa shape index (κ2) is 6.13. The molecule has 0 saturated heterocycles. The van der Waals surface area contributed by atoms with Crippen LogP contribution in [0.5, 0.6) is 0 Å². The van der Waals surface area contributed by atoms with Gasteiger partial charge < -0.3 is 0 Å². The summed E-state index contributed by atoms with van der Waals surface area (Å²) in [6.45, 7) is 15.9. The lowest BCUT2D eigenvalue weighted by atomic mass is 9.37. The summed E-state index contributed by atoms with van der Waals surface area (Å²) in [5.41, 5.74) is 6.25. The smallest absolute Gasteiger partial charge is 0.0113 e. The van der Waals surface area contributed by atoms with E-state index in [-0.39, 0.29) is 0 Å². The van der Waals surface area contributed by atoms with Gasteiger partial charge >= 0.3 is 0 Å². The summed E-state index contributed by atoms with van der Waals surface area (Å²) < 4.78 is 0. The summed E-state index contributed by atoms with van der Waals surface area (Å²) in [7, 11) is 0. The van der Waals surface area contributed by atoms with Crippen molar-refractivity contribution in [1.82, 2.24) is 0 Å². The van der Waals surface area contributed by atoms with Crippen LogP contribution < -0.4 is 0 Å². The first-order valence-corrected chi connectivity index (χ1v) is 12.9. The Morgan fingerprint density at radius 2 is 1.43 bits per heavy atom. The second-order valence-electron chi connectivity index (χ2n) is 13.3. The Morgan fingerprint density at radius 3 is 2.21 bits per heavy atom. The van der Waals surface area contributed by atoms with Crippen molar-refractivity contribution in [3.05, 3.63) is 11.1 Å². The molecule has 0 radical (unpaired) electrons. The van der Waals surface area contributed by atoms with Gasteiger partial charge in [-0.15, -0.1) is 0 Å². The van der Waals surface area contributed by atoms with Gasteiger partial charge in [0.2, 0.25) is 0 Å². The minimum atomic E-state index is 0.529. The molecule has 4 saturated carbocycles. The van der Waals surface area contributed by atoms with E-state index < -0.39 is 0 Å². The zero-order valence-corrected chi connectivity index (χ0v) is 19.8. The van der Waals surface area contributed by atoms with Crippen LogP contribution in [0.15, 0.2) is 11.1 Å². The summed E-state index contributed by atoms with van der Waals surface area (Å²) in [6.07, 6.45) is 17.8. The van der Waals surface area contributed by atoms with E-state index in [1.807, 2.05) is 11.1 Å². The third-order valence-electron chi connectivity index (χ3n) is 12.1. The molecule has 4 fully saturated rings. The van der Waals surface area contributed by atoms with Gasteiger partial charge in [0.05, 0.1) is 0 Å². The van der Waals surface area contributed by atoms with Crippen LogP contribution in [0.2, 0.25) is 0 Å². The molecule has 0 aromatic rings. The van der Waals surface area contributed by atoms with E-state index in [4.69, 9.17) is 0 Å². The van der Waals surface area contributed by atoms with Crippen molar-refractivity contribution in [1.29, 1.82) is 0 Å². The molecule has 0 bridgehead atoms. The molecular weight excluding hydrogens is 336 g/mol. The molecule has 0 amide bonds. The molecule has 5 aliphatic rings. The maximum Gasteiger partial charge on any atom is -0.0113 e. The van der Waals surface area contributed by atoms with E-state index in [0.29, 0.717) is 21.7 Å². The third kappa shape index (κ3) is 2.42. The maximum atomic E-state index is 2.76. The van der Waals surface area contributed by atoms with Gasteiger partial charge in [-0.25, -0.2) is 0 Å². The Kier molecular flexibility index (Phi) is 4.31. The van der Waals surface area contributed by atoms with Crippen molar-refractivity contribution < 1.29 is 0 Å². The molecule has 7 atom stereocenters. The van der Waals surface area contributed by atoms with Gasteiger partial charge in [0, 0.05) is 0 Å². The fraction of sp³-hybridized carbons (Fsp3) is 0.929. The van der Waals surface area contributed by atoms with Crippen molar-refractivity contribution >= 4 is 0 Å². The highest BCUT2D eigenvalue weighted by Gasteiger charge is 2.63. The summed E-state index contributed by atoms with van der Waals surface area (Å²) in [5, 5.41) is 0. The predicted octanol–water partition coefficient (Wildman–Crippen LogP) is 8.56. The monoisotopic (exact) mass is 382 g/mol. The van der Waals surface area contributed by atoms with E-state index in [1.54, 1.807) is 0 Å². The maximum absolute atomic E-state index is 2.76. The van der Waals surface area contributed by atoms with Crippen molar-refractivity contribution in [2.45, 2.75) is 119 Å². The van der Waals surface area contributed by atoms with Gasteiger partial charge in [-0.1, -0.05) is 59.1 Å². The number of hydrogen-bond acceptors (Lipinski definition) is 0. The second-order valence-corrected chi connectivity index (χ2v) is 13.3. The molecule has 5 rings (SSSR count). The number of allylic oxidation sites excluding steroid dienone is 2. The van der Waals surface area contributed by atoms with E-state index in [2.05, 4.69) is 41.5 Å². The Morgan fingerprint density at radius 1 is 0.679 bits per heavy atom. The normalized spacial score (nSPS) is 52.9. The molecule has 0 aromatic carbocycles. The summed E-state index contributed by atoms with van der Waals surface area (Å²) in [5.74, 6) is 3.73. The molecule has 0 aliphatic heterocycles. The number of rotatable bonds is 0. The molecule has 28 heavy (non-hydrogen) atoms. The van der Waals surface area contributed by atoms with E-state index >= 15 is 0 Å². The Hall–Kier alpha value is -0.260. The van der Waals surface area contributed by atoms with Gasteiger partial charge in [-0.3, -0.25) is 0 Å². The molecule has 0 N–H and O–H groups in total. The number of fused-ring (bicyclic) bond motifs is 6. The summed E-state index contributed by atoms with van der Waals surface area (Å²) in [4.78, 5) is 0. The zero-order chi connectivity index (χ0) is 19.9. The van der Waals surface area contributed by atoms with Crippen molar-refractivity contribution in [2.75, 3.05) is 0 Å². The van der Waals surface area contributed by atoms with Crippen molar-refractivity contribution in [3.63, 3.8) is 0 Å². The van der Waals surface area contributed by atoms with Gasteiger partial charge in [0.1, 0.15) is 0 Å². The lowest BCUT2D eigenvalue weighted by molar-refractivity contribution is -0.170. The van der Waals surface area contributed by atoms with Crippen LogP contribution >= 0.6 is 0 Å². The highest BCUT2D eigenvalue weighted by molar-refractivity contribution is 5.33. The zero-order valence-electron chi connectivity index (χ0n) is 19.8. The van der Waals surface area contributed by atoms with E-state index in [9.17, 15) is 0 Å². The lowest BCUT2D eigenvalue weighted by Crippen LogP contribution is -2.60. The van der Waals surface area contributed by atoms with Crippen molar-refractivity contribution in [2.24, 2.45) is 45.3 Å². The summed E-state index contributed by atoms with van der Waals surface area (Å²) in [6, 6.07) is 0. The standard InChI is InChI=1S/C28H46/c1-19-12-17-28(6)23(25(19,2)3)14-18-27(5)22-13-16-26(4)15-8-7-9-21(26)20(22)10-11-24(27)28/h19,22-24H,7-18H2,1-6H3. The highest BCUT2D eigenvalue weighted by Crippen LogP contribution is 2.72. The van der Waals surface area contributed by atoms with Crippen LogP contribution in [-0.4, -0.2) is 0 Å². The van der Waals surface area contributed by atoms with Gasteiger partial charge in [0.25, 0.3) is 0 Å². The van der Waals surface area contributed by atoms with Gasteiger partial charge in [0.15, 0.2) is 0 Å². The summed E-state index contributed by atoms with van der Waals surface area (Å²) >= 11 is 0. The molecule has 0 spiro atoms. The molecule has 0 nitrogen and oxygen atoms in total. The van der Waals surface area contributed by atoms with Crippen LogP contribution in [0.25, 0.3) is 0 Å². The molecule has 0 heteroatoms. The Labute approximate surface area is 175 Å². The minimum Gasteiger partial charge on any atom is -0.0668 e. The van der Waals surface area contributed by atoms with Crippen LogP contribution in [0.3, 0.4) is 0 Å². The third-order valence-corrected chi connectivity index (χ3v) is 12.1. The van der Waals surface area contributed by atoms with E-state index in [1.165, 1.54) is 77.0 Å². The average Bonchev–Trinajstić information content (AvgIpc) is 2.64. The predicted molar refractivity (Wildman–Crippen MR) is 120 cm³/mol. The van der Waals surface area contributed by atoms with E-state index in [0.717, 1.165) is 23.7 Å². The molecular formula is C28H46. The van der Waals surface area contributed by atoms with Crippen molar-refractivity contribution in [3.8, 4) is 0 Å². The highest BCUT2D eigenvalue weighted by atomic mass is 14.7. The lowest BCUT2D eigenvalue weighted by Gasteiger charge is -2.68. The fourth-order valence-corrected chi connectivity index (χ4v) is 10.1. The molecule has 7 unspecified atom stereocenters. The molecule has 5 aliphatic carbocycles. The average molecular weight is 383 g/mol. The Bertz CT molecular complexity index is 682. The molecule has 0 aromatic heterocycles. The Balaban J connectivity index is 1.54. The fourth-order valence-electron chi connectivity index (χ4n) is 10.1. The topological polar surface area (TPSA) is 0 Å². The minimum absolute atomic E-state index is 0.529. The first-order chi connectivity index (χ1) is 13.1. The first-order valence-electron chi connectivity index (χ1n) is 12.9. The molecule has 0 heterocycles. The molecule has 158 valence electrons. The van der Waals surface area contributed by atoms with Crippen LogP contribution in [0.1, 0.15) is 119 Å². The van der Waals surface area contributed by atoms with Gasteiger partial charge in [-0.2, -0.15) is 0 Å². The van der Waals surface area contributed by atoms with Crippen LogP contribution in [0.4, 0.5) is 0 Å². The van der Waals surface area contributed by atoms with Gasteiger partial charge in [-0.05, 0) is 116 Å². The number of hydrogen-bond donors (Lipinski definition) is 0. The largest absolute Gasteiger partial charge is 0.0668 e. The quantitative estimate of drug-likeness (QED) is 0.368. The van der Waals surface area contributed by atoms with Crippen LogP contribution in [-0.2, 0) is 0 Å². The van der Waals surface area contributed by atoms with Crippen LogP contribution in [0, 0.1) is 45.3 Å². The first kappa shape index (κ1) is 19.7.